The maximum Gasteiger partial charge on any atom is 2.00 e. The number of ketones is 2. The first-order valence-corrected chi connectivity index (χ1v) is 12.9. The van der Waals surface area contributed by atoms with Crippen LogP contribution >= 0.6 is 0 Å². The molecule has 0 saturated carbocycles. The Hall–Kier alpha value is -4.66. The molecule has 0 amide bonds. The Morgan fingerprint density at radius 3 is 1.14 bits per heavy atom. The van der Waals surface area contributed by atoms with Gasteiger partial charge in [-0.2, -0.15) is 84.3 Å². The predicted octanol–water partition coefficient (Wildman–Crippen LogP) is 7.51. The first kappa shape index (κ1) is 31.9. The number of hydrogen-bond donors (Lipinski definition) is 0. The predicted molar refractivity (Wildman–Crippen MR) is 160 cm³/mol. The summed E-state index contributed by atoms with van der Waals surface area (Å²) in [7, 11) is 0. The van der Waals surface area contributed by atoms with Gasteiger partial charge in [0.25, 0.3) is 0 Å². The minimum absolute atomic E-state index is 0. The van der Waals surface area contributed by atoms with Crippen molar-refractivity contribution in [3.63, 3.8) is 0 Å². The van der Waals surface area contributed by atoms with Crippen molar-refractivity contribution >= 4 is 11.6 Å². The third-order valence-electron chi connectivity index (χ3n) is 6.19. The summed E-state index contributed by atoms with van der Waals surface area (Å²) in [4.78, 5) is 26.7. The van der Waals surface area contributed by atoms with E-state index < -0.39 is 0 Å². The summed E-state index contributed by atoms with van der Waals surface area (Å²) >= 11 is 0. The number of carbonyl (C=O) groups is 2. The Kier molecular flexibility index (Phi) is 12.1. The van der Waals surface area contributed by atoms with Gasteiger partial charge in [-0.3, -0.25) is 9.59 Å². The van der Waals surface area contributed by atoms with Gasteiger partial charge in [-0.15, -0.1) is 24.3 Å². The van der Waals surface area contributed by atoms with E-state index in [0.29, 0.717) is 33.4 Å². The average molecular weight is 624 g/mol. The molecule has 4 heteroatoms. The molecule has 42 heavy (non-hydrogen) atoms. The third kappa shape index (κ3) is 7.75. The minimum Gasteiger partial charge on any atom is -0.289 e. The Morgan fingerprint density at radius 2 is 0.833 bits per heavy atom. The van der Waals surface area contributed by atoms with Gasteiger partial charge in [-0.1, -0.05) is 47.5 Å². The standard InChI is InChI=1S/C28H14O2.2C5H5.2Fe/c29-27-24-14-6-12-22(18-16-20-9-3-4-10-20)26(24)28(30)23-13-5-11-21(25(23)27)17-15-19-7-1-2-8-19;2*1-2-4-5-3-1;;/h1-14H;2*1-5H;;/q-2;2*-1;2*+2. The quantitative estimate of drug-likeness (QED) is 0.0996. The maximum absolute atomic E-state index is 13.4. The normalized spacial score (nSPS) is 10.2. The summed E-state index contributed by atoms with van der Waals surface area (Å²) in [6.45, 7) is 0. The van der Waals surface area contributed by atoms with Gasteiger partial charge in [0, 0.05) is 22.3 Å². The molecule has 6 aromatic carbocycles. The fraction of sp³-hybridized carbons (Fsp3) is 0. The average Bonchev–Trinajstić information content (AvgIpc) is 3.82. The molecule has 0 aliphatic heterocycles. The molecule has 0 fully saturated rings. The molecular weight excluding hydrogens is 600 g/mol. The number of hydrogen-bond acceptors (Lipinski definition) is 2. The molecule has 0 heterocycles. The monoisotopic (exact) mass is 624 g/mol. The molecule has 7 rings (SSSR count). The van der Waals surface area contributed by atoms with Crippen molar-refractivity contribution in [1.29, 1.82) is 0 Å². The Morgan fingerprint density at radius 1 is 0.476 bits per heavy atom. The molecule has 204 valence electrons. The van der Waals surface area contributed by atoms with E-state index in [1.54, 1.807) is 36.4 Å². The van der Waals surface area contributed by atoms with Gasteiger partial charge in [-0.25, -0.2) is 24.3 Å². The van der Waals surface area contributed by atoms with E-state index in [-0.39, 0.29) is 45.7 Å². The van der Waals surface area contributed by atoms with Crippen molar-refractivity contribution in [3.8, 4) is 23.7 Å². The second-order valence-electron chi connectivity index (χ2n) is 8.89. The summed E-state index contributed by atoms with van der Waals surface area (Å²) in [5.74, 6) is 11.9. The van der Waals surface area contributed by atoms with Gasteiger partial charge in [0.15, 0.2) is 11.6 Å². The van der Waals surface area contributed by atoms with E-state index >= 15 is 0 Å². The van der Waals surface area contributed by atoms with Gasteiger partial charge in [0.05, 0.1) is 0 Å². The number of rotatable bonds is 0. The van der Waals surface area contributed by atoms with Crippen LogP contribution in [0, 0.1) is 23.7 Å². The number of benzene rings is 2. The van der Waals surface area contributed by atoms with Gasteiger partial charge < -0.3 is 0 Å². The summed E-state index contributed by atoms with van der Waals surface area (Å²) in [6.07, 6.45) is 0. The molecule has 0 spiro atoms. The van der Waals surface area contributed by atoms with Crippen molar-refractivity contribution in [2.45, 2.75) is 0 Å². The molecule has 0 saturated heterocycles. The molecule has 1 aliphatic rings. The van der Waals surface area contributed by atoms with Crippen LogP contribution in [0.3, 0.4) is 0 Å². The largest absolute Gasteiger partial charge is 2.00 e. The van der Waals surface area contributed by atoms with Crippen LogP contribution in [-0.2, 0) is 34.1 Å². The smallest absolute Gasteiger partial charge is 0.289 e. The zero-order valence-electron chi connectivity index (χ0n) is 22.4. The fourth-order valence-corrected chi connectivity index (χ4v) is 4.29. The molecule has 2 nitrogen and oxygen atoms in total. The van der Waals surface area contributed by atoms with Gasteiger partial charge >= 0.3 is 34.1 Å². The van der Waals surface area contributed by atoms with Crippen LogP contribution in [0.2, 0.25) is 0 Å². The Labute approximate surface area is 267 Å². The molecular formula is C38H24Fe2O2. The summed E-state index contributed by atoms with van der Waals surface area (Å²) in [5.41, 5.74) is 4.36. The van der Waals surface area contributed by atoms with Crippen LogP contribution in [-0.4, -0.2) is 11.6 Å². The molecule has 0 bridgehead atoms. The zero-order chi connectivity index (χ0) is 27.6. The molecule has 0 unspecified atom stereocenters. The van der Waals surface area contributed by atoms with Crippen molar-refractivity contribution in [2.75, 3.05) is 0 Å². The van der Waals surface area contributed by atoms with Crippen LogP contribution in [0.15, 0.2) is 146 Å². The molecule has 0 aromatic heterocycles. The van der Waals surface area contributed by atoms with E-state index in [9.17, 15) is 9.59 Å². The second kappa shape index (κ2) is 16.0. The maximum atomic E-state index is 13.4. The summed E-state index contributed by atoms with van der Waals surface area (Å²) < 4.78 is 0. The van der Waals surface area contributed by atoms with Crippen LogP contribution in [0.1, 0.15) is 54.1 Å². The molecule has 1 aliphatic carbocycles. The second-order valence-corrected chi connectivity index (χ2v) is 8.89. The topological polar surface area (TPSA) is 34.1 Å². The van der Waals surface area contributed by atoms with Gasteiger partial charge in [0.2, 0.25) is 0 Å². The third-order valence-corrected chi connectivity index (χ3v) is 6.19. The van der Waals surface area contributed by atoms with Gasteiger partial charge in [-0.05, 0) is 11.1 Å². The number of fused-ring (bicyclic) bond motifs is 2. The van der Waals surface area contributed by atoms with Crippen molar-refractivity contribution in [2.24, 2.45) is 0 Å². The van der Waals surface area contributed by atoms with Crippen LogP contribution < -0.4 is 0 Å². The first-order valence-electron chi connectivity index (χ1n) is 12.9. The SMILES string of the molecule is O=C1c2cccc(C#C[c-]3cccc3)c2C(=O)c2cccc(C#C[c-]3cccc3)c21.[Fe+2].[Fe+2].c1cc[cH-]c1.c1cc[cH-]c1. The van der Waals surface area contributed by atoms with Crippen LogP contribution in [0.25, 0.3) is 0 Å². The van der Waals surface area contributed by atoms with Crippen LogP contribution in [0.4, 0.5) is 0 Å². The molecule has 0 N–H and O–H groups in total. The first-order chi connectivity index (χ1) is 19.7. The Balaban J connectivity index is 0.000000341. The zero-order valence-corrected chi connectivity index (χ0v) is 24.6. The van der Waals surface area contributed by atoms with E-state index in [1.807, 2.05) is 109 Å². The minimum atomic E-state index is -0.191. The van der Waals surface area contributed by atoms with E-state index in [0.717, 1.165) is 11.1 Å². The summed E-state index contributed by atoms with van der Waals surface area (Å²) in [5, 5.41) is 0. The van der Waals surface area contributed by atoms with Crippen molar-refractivity contribution in [1.82, 2.24) is 0 Å². The molecule has 6 aromatic rings. The molecule has 0 radical (unpaired) electrons. The van der Waals surface area contributed by atoms with E-state index in [1.165, 1.54) is 0 Å². The van der Waals surface area contributed by atoms with Crippen molar-refractivity contribution in [3.05, 3.63) is 190 Å². The summed E-state index contributed by atoms with van der Waals surface area (Å²) in [6, 6.07) is 45.7. The van der Waals surface area contributed by atoms with E-state index in [2.05, 4.69) is 23.7 Å². The van der Waals surface area contributed by atoms with Crippen LogP contribution in [0.5, 0.6) is 0 Å². The number of carbonyl (C=O) groups excluding carboxylic acids is 2. The van der Waals surface area contributed by atoms with Crippen molar-refractivity contribution < 1.29 is 43.7 Å². The molecule has 0 atom stereocenters. The Bertz CT molecular complexity index is 1640. The van der Waals surface area contributed by atoms with Gasteiger partial charge in [0.1, 0.15) is 0 Å². The fourth-order valence-electron chi connectivity index (χ4n) is 4.29. The van der Waals surface area contributed by atoms with E-state index in [4.69, 9.17) is 0 Å².